The van der Waals surface area contributed by atoms with Gasteiger partial charge in [0.1, 0.15) is 11.5 Å². The van der Waals surface area contributed by atoms with Gasteiger partial charge < -0.3 is 20.1 Å². The van der Waals surface area contributed by atoms with Crippen molar-refractivity contribution in [3.8, 4) is 11.5 Å². The minimum Gasteiger partial charge on any atom is -0.497 e. The summed E-state index contributed by atoms with van der Waals surface area (Å²) >= 11 is 9.59. The molecule has 0 saturated carbocycles. The fourth-order valence-corrected chi connectivity index (χ4v) is 3.42. The lowest BCUT2D eigenvalue weighted by Crippen LogP contribution is -2.20. The van der Waals surface area contributed by atoms with Crippen molar-refractivity contribution in [2.45, 2.75) is 13.5 Å². The highest BCUT2D eigenvalue weighted by molar-refractivity contribution is 9.10. The van der Waals surface area contributed by atoms with Crippen molar-refractivity contribution < 1.29 is 14.3 Å². The second kappa shape index (κ2) is 10.4. The molecule has 0 bridgehead atoms. The number of hydrogen-bond acceptors (Lipinski definition) is 4. The molecule has 3 rings (SSSR count). The third kappa shape index (κ3) is 6.15. The first-order valence-corrected chi connectivity index (χ1v) is 10.5. The van der Waals surface area contributed by atoms with Gasteiger partial charge in [0.2, 0.25) is 0 Å². The summed E-state index contributed by atoms with van der Waals surface area (Å²) in [7, 11) is 1.64. The Balaban J connectivity index is 1.51. The first-order chi connectivity index (χ1) is 14.4. The van der Waals surface area contributed by atoms with E-state index in [1.54, 1.807) is 19.2 Å². The summed E-state index contributed by atoms with van der Waals surface area (Å²) in [6.45, 7) is 2.46. The van der Waals surface area contributed by atoms with Crippen LogP contribution in [0.1, 0.15) is 11.1 Å². The van der Waals surface area contributed by atoms with Crippen LogP contribution in [0.4, 0.5) is 11.4 Å². The largest absolute Gasteiger partial charge is 0.497 e. The van der Waals surface area contributed by atoms with Crippen molar-refractivity contribution in [1.29, 1.82) is 0 Å². The molecule has 0 unspecified atom stereocenters. The lowest BCUT2D eigenvalue weighted by molar-refractivity contribution is -0.118. The number of anilines is 2. The SMILES string of the molecule is COc1ccc(NCc2ccc(OCC(=O)Nc3ccc(C)c(Cl)c3)c(Br)c2)cc1. The number of ether oxygens (including phenoxy) is 2. The van der Waals surface area contributed by atoms with Gasteiger partial charge in [-0.1, -0.05) is 23.7 Å². The zero-order valence-corrected chi connectivity index (χ0v) is 19.0. The van der Waals surface area contributed by atoms with E-state index in [1.807, 2.05) is 55.5 Å². The Morgan fingerprint density at radius 3 is 2.43 bits per heavy atom. The van der Waals surface area contributed by atoms with Crippen LogP contribution in [-0.4, -0.2) is 19.6 Å². The number of carbonyl (C=O) groups is 1. The van der Waals surface area contributed by atoms with E-state index in [2.05, 4.69) is 26.6 Å². The highest BCUT2D eigenvalue weighted by Gasteiger charge is 2.08. The Bertz CT molecular complexity index is 1030. The highest BCUT2D eigenvalue weighted by Crippen LogP contribution is 2.27. The lowest BCUT2D eigenvalue weighted by atomic mass is 10.2. The van der Waals surface area contributed by atoms with Gasteiger partial charge in [-0.3, -0.25) is 4.79 Å². The van der Waals surface area contributed by atoms with E-state index >= 15 is 0 Å². The van der Waals surface area contributed by atoms with Gasteiger partial charge in [-0.25, -0.2) is 0 Å². The minimum absolute atomic E-state index is 0.104. The van der Waals surface area contributed by atoms with Crippen LogP contribution in [0.3, 0.4) is 0 Å². The van der Waals surface area contributed by atoms with E-state index in [1.165, 1.54) is 0 Å². The summed E-state index contributed by atoms with van der Waals surface area (Å²) in [5, 5.41) is 6.73. The molecule has 0 radical (unpaired) electrons. The maximum Gasteiger partial charge on any atom is 0.262 e. The van der Waals surface area contributed by atoms with Crippen LogP contribution in [0.2, 0.25) is 5.02 Å². The van der Waals surface area contributed by atoms with Gasteiger partial charge in [0.05, 0.1) is 11.6 Å². The second-order valence-electron chi connectivity index (χ2n) is 6.65. The monoisotopic (exact) mass is 488 g/mol. The number of halogens is 2. The van der Waals surface area contributed by atoms with Gasteiger partial charge in [0.25, 0.3) is 5.91 Å². The predicted octanol–water partition coefficient (Wildman–Crippen LogP) is 6.05. The summed E-state index contributed by atoms with van der Waals surface area (Å²) in [4.78, 5) is 12.2. The summed E-state index contributed by atoms with van der Waals surface area (Å²) < 4.78 is 11.6. The first-order valence-electron chi connectivity index (χ1n) is 9.30. The van der Waals surface area contributed by atoms with E-state index in [0.29, 0.717) is 23.0 Å². The van der Waals surface area contributed by atoms with Gasteiger partial charge in [-0.05, 0) is 82.5 Å². The van der Waals surface area contributed by atoms with Crippen molar-refractivity contribution in [2.24, 2.45) is 0 Å². The molecule has 2 N–H and O–H groups in total. The molecule has 0 aliphatic heterocycles. The Morgan fingerprint density at radius 2 is 1.77 bits per heavy atom. The summed E-state index contributed by atoms with van der Waals surface area (Å²) in [6.07, 6.45) is 0. The van der Waals surface area contributed by atoms with Crippen molar-refractivity contribution in [1.82, 2.24) is 0 Å². The predicted molar refractivity (Wildman–Crippen MR) is 125 cm³/mol. The lowest BCUT2D eigenvalue weighted by Gasteiger charge is -2.12. The average Bonchev–Trinajstić information content (AvgIpc) is 2.74. The topological polar surface area (TPSA) is 59.6 Å². The molecule has 0 saturated heterocycles. The number of aryl methyl sites for hydroxylation is 1. The van der Waals surface area contributed by atoms with Crippen LogP contribution in [0.5, 0.6) is 11.5 Å². The molecule has 3 aromatic rings. The van der Waals surface area contributed by atoms with Crippen molar-refractivity contribution in [2.75, 3.05) is 24.4 Å². The Kier molecular flexibility index (Phi) is 7.60. The average molecular weight is 490 g/mol. The molecule has 0 fully saturated rings. The van der Waals surface area contributed by atoms with E-state index in [4.69, 9.17) is 21.1 Å². The standard InChI is InChI=1S/C23H22BrClN2O3/c1-15-3-5-18(12-21(15)25)27-23(28)14-30-22-10-4-16(11-20(22)24)13-26-17-6-8-19(29-2)9-7-17/h3-12,26H,13-14H2,1-2H3,(H,27,28). The fraction of sp³-hybridized carbons (Fsp3) is 0.174. The summed E-state index contributed by atoms with van der Waals surface area (Å²) in [6, 6.07) is 18.9. The number of carbonyl (C=O) groups excluding carboxylic acids is 1. The zero-order valence-electron chi connectivity index (χ0n) is 16.7. The van der Waals surface area contributed by atoms with Crippen molar-refractivity contribution in [3.05, 3.63) is 81.3 Å². The normalized spacial score (nSPS) is 10.4. The molecule has 30 heavy (non-hydrogen) atoms. The minimum atomic E-state index is -0.257. The number of amides is 1. The third-order valence-corrected chi connectivity index (χ3v) is 5.42. The van der Waals surface area contributed by atoms with Crippen LogP contribution in [0, 0.1) is 6.92 Å². The number of hydrogen-bond donors (Lipinski definition) is 2. The van der Waals surface area contributed by atoms with Crippen molar-refractivity contribution >= 4 is 44.8 Å². The van der Waals surface area contributed by atoms with Crippen LogP contribution in [0.15, 0.2) is 65.1 Å². The van der Waals surface area contributed by atoms with Gasteiger partial charge in [0.15, 0.2) is 6.61 Å². The molecule has 0 aromatic heterocycles. The molecule has 3 aromatic carbocycles. The third-order valence-electron chi connectivity index (χ3n) is 4.40. The maximum absolute atomic E-state index is 12.2. The Labute approximate surface area is 189 Å². The second-order valence-corrected chi connectivity index (χ2v) is 7.91. The maximum atomic E-state index is 12.2. The van der Waals surface area contributed by atoms with Gasteiger partial charge in [0, 0.05) is 22.9 Å². The molecule has 0 atom stereocenters. The molecular weight excluding hydrogens is 468 g/mol. The molecular formula is C23H22BrClN2O3. The number of methoxy groups -OCH3 is 1. The molecule has 0 heterocycles. The number of rotatable bonds is 8. The number of benzene rings is 3. The summed E-state index contributed by atoms with van der Waals surface area (Å²) in [5.41, 5.74) is 3.67. The quantitative estimate of drug-likeness (QED) is 0.404. The zero-order chi connectivity index (χ0) is 21.5. The van der Waals surface area contributed by atoms with E-state index in [-0.39, 0.29) is 12.5 Å². The molecule has 5 nitrogen and oxygen atoms in total. The highest BCUT2D eigenvalue weighted by atomic mass is 79.9. The molecule has 1 amide bonds. The first kappa shape index (κ1) is 22.0. The van der Waals surface area contributed by atoms with E-state index in [9.17, 15) is 4.79 Å². The Hall–Kier alpha value is -2.70. The van der Waals surface area contributed by atoms with Crippen molar-refractivity contribution in [3.63, 3.8) is 0 Å². The van der Waals surface area contributed by atoms with E-state index < -0.39 is 0 Å². The van der Waals surface area contributed by atoms with Crippen LogP contribution in [0.25, 0.3) is 0 Å². The van der Waals surface area contributed by atoms with Crippen LogP contribution in [-0.2, 0) is 11.3 Å². The van der Waals surface area contributed by atoms with Gasteiger partial charge in [-0.2, -0.15) is 0 Å². The molecule has 156 valence electrons. The van der Waals surface area contributed by atoms with Crippen LogP contribution < -0.4 is 20.1 Å². The van der Waals surface area contributed by atoms with Gasteiger partial charge >= 0.3 is 0 Å². The molecule has 7 heteroatoms. The molecule has 0 spiro atoms. The molecule has 0 aliphatic carbocycles. The number of nitrogens with one attached hydrogen (secondary N) is 2. The fourth-order valence-electron chi connectivity index (χ4n) is 2.70. The van der Waals surface area contributed by atoms with E-state index in [0.717, 1.165) is 27.0 Å². The Morgan fingerprint density at radius 1 is 1.03 bits per heavy atom. The summed E-state index contributed by atoms with van der Waals surface area (Å²) in [5.74, 6) is 1.16. The van der Waals surface area contributed by atoms with Gasteiger partial charge in [-0.15, -0.1) is 0 Å². The smallest absolute Gasteiger partial charge is 0.262 e. The molecule has 0 aliphatic rings. The van der Waals surface area contributed by atoms with Crippen LogP contribution >= 0.6 is 27.5 Å².